The van der Waals surface area contributed by atoms with Gasteiger partial charge in [-0.2, -0.15) is 0 Å². The van der Waals surface area contributed by atoms with E-state index in [0.29, 0.717) is 23.1 Å². The lowest BCUT2D eigenvalue weighted by Gasteiger charge is -2.05. The molecule has 34 heavy (non-hydrogen) atoms. The second kappa shape index (κ2) is 9.91. The van der Waals surface area contributed by atoms with Crippen LogP contribution in [0.4, 0.5) is 0 Å². The van der Waals surface area contributed by atoms with Gasteiger partial charge in [-0.3, -0.25) is 9.59 Å². The maximum atomic E-state index is 13.0. The van der Waals surface area contributed by atoms with Crippen LogP contribution >= 0.6 is 0 Å². The summed E-state index contributed by atoms with van der Waals surface area (Å²) >= 11 is 0. The molecule has 4 aromatic rings. The van der Waals surface area contributed by atoms with E-state index in [4.69, 9.17) is 0 Å². The number of aryl methyl sites for hydroxylation is 1. The zero-order valence-corrected chi connectivity index (χ0v) is 19.4. The van der Waals surface area contributed by atoms with E-state index >= 15 is 0 Å². The summed E-state index contributed by atoms with van der Waals surface area (Å²) in [5.74, 6) is -0.323. The van der Waals surface area contributed by atoms with E-state index in [2.05, 4.69) is 12.1 Å². The number of ketones is 2. The largest absolute Gasteiger partial charge is 0.508 e. The molecule has 0 aliphatic rings. The average Bonchev–Trinajstić information content (AvgIpc) is 3.14. The van der Waals surface area contributed by atoms with E-state index in [0.717, 1.165) is 47.5 Å². The Morgan fingerprint density at radius 2 is 1.41 bits per heavy atom. The van der Waals surface area contributed by atoms with Crippen molar-refractivity contribution in [1.29, 1.82) is 0 Å². The van der Waals surface area contributed by atoms with E-state index < -0.39 is 0 Å². The first-order chi connectivity index (χ1) is 16.4. The summed E-state index contributed by atoms with van der Waals surface area (Å²) in [5, 5.41) is 23.9. The maximum absolute atomic E-state index is 13.0. The minimum Gasteiger partial charge on any atom is -0.508 e. The van der Waals surface area contributed by atoms with Crippen LogP contribution in [0.3, 0.4) is 0 Å². The molecule has 6 nitrogen and oxygen atoms in total. The van der Waals surface area contributed by atoms with Gasteiger partial charge in [0.1, 0.15) is 11.5 Å². The molecule has 0 saturated carbocycles. The van der Waals surface area contributed by atoms with Gasteiger partial charge < -0.3 is 14.9 Å². The lowest BCUT2D eigenvalue weighted by atomic mass is 9.98. The third-order valence-electron chi connectivity index (χ3n) is 6.31. The predicted octanol–water partition coefficient (Wildman–Crippen LogP) is 6.25. The molecular weight excluding hydrogens is 428 g/mol. The van der Waals surface area contributed by atoms with Crippen LogP contribution in [0.1, 0.15) is 65.3 Å². The first kappa shape index (κ1) is 23.2. The SMILES string of the molecule is CCCCCC/C(=N\O)C(=O)c1ccc2c(c1)c1cc(C(=O)c3ccc(O)cc3)ccc1n2C. The van der Waals surface area contributed by atoms with Crippen LogP contribution in [0.15, 0.2) is 65.8 Å². The molecule has 0 amide bonds. The highest BCUT2D eigenvalue weighted by molar-refractivity contribution is 6.46. The molecule has 0 atom stereocenters. The van der Waals surface area contributed by atoms with Gasteiger partial charge in [-0.05, 0) is 73.5 Å². The Hall–Kier alpha value is -3.93. The quantitative estimate of drug-likeness (QED) is 0.102. The smallest absolute Gasteiger partial charge is 0.210 e. The van der Waals surface area contributed by atoms with Crippen LogP contribution in [-0.4, -0.2) is 32.2 Å². The fraction of sp³-hybridized carbons (Fsp3) is 0.250. The number of phenolic OH excluding ortho intramolecular Hbond substituents is 1. The molecule has 0 aliphatic carbocycles. The molecule has 0 spiro atoms. The number of unbranched alkanes of at least 4 members (excludes halogenated alkanes) is 3. The number of fused-ring (bicyclic) bond motifs is 3. The number of phenols is 1. The number of rotatable bonds is 9. The summed E-state index contributed by atoms with van der Waals surface area (Å²) in [4.78, 5) is 26.1. The fourth-order valence-corrected chi connectivity index (χ4v) is 4.38. The minimum atomic E-state index is -0.283. The van der Waals surface area contributed by atoms with Crippen molar-refractivity contribution in [1.82, 2.24) is 4.57 Å². The second-order valence-corrected chi connectivity index (χ2v) is 8.59. The van der Waals surface area contributed by atoms with E-state index in [1.54, 1.807) is 24.3 Å². The summed E-state index contributed by atoms with van der Waals surface area (Å²) in [7, 11) is 1.95. The Kier molecular flexibility index (Phi) is 6.77. The lowest BCUT2D eigenvalue weighted by Crippen LogP contribution is -2.14. The highest BCUT2D eigenvalue weighted by Gasteiger charge is 2.18. The number of carbonyl (C=O) groups is 2. The van der Waals surface area contributed by atoms with Crippen LogP contribution < -0.4 is 0 Å². The van der Waals surface area contributed by atoms with Crippen molar-refractivity contribution in [2.24, 2.45) is 12.2 Å². The fourth-order valence-electron chi connectivity index (χ4n) is 4.38. The minimum absolute atomic E-state index is 0.106. The average molecular weight is 457 g/mol. The number of carbonyl (C=O) groups excluding carboxylic acids is 2. The molecule has 4 rings (SSSR count). The molecule has 0 saturated heterocycles. The van der Waals surface area contributed by atoms with Crippen molar-refractivity contribution in [3.63, 3.8) is 0 Å². The number of aromatic hydroxyl groups is 1. The van der Waals surface area contributed by atoms with Crippen LogP contribution in [0, 0.1) is 0 Å². The van der Waals surface area contributed by atoms with Crippen LogP contribution in [0.25, 0.3) is 21.8 Å². The van der Waals surface area contributed by atoms with Gasteiger partial charge >= 0.3 is 0 Å². The van der Waals surface area contributed by atoms with Crippen molar-refractivity contribution < 1.29 is 19.9 Å². The molecule has 174 valence electrons. The van der Waals surface area contributed by atoms with Gasteiger partial charge in [-0.25, -0.2) is 0 Å². The van der Waals surface area contributed by atoms with E-state index in [1.165, 1.54) is 12.1 Å². The van der Waals surface area contributed by atoms with Gasteiger partial charge in [-0.1, -0.05) is 31.3 Å². The van der Waals surface area contributed by atoms with Crippen molar-refractivity contribution in [3.05, 3.63) is 77.4 Å². The van der Waals surface area contributed by atoms with Crippen LogP contribution in [0.5, 0.6) is 5.75 Å². The number of benzene rings is 3. The number of nitrogens with zero attached hydrogens (tertiary/aromatic N) is 2. The van der Waals surface area contributed by atoms with E-state index in [-0.39, 0.29) is 23.0 Å². The van der Waals surface area contributed by atoms with Crippen LogP contribution in [0.2, 0.25) is 0 Å². The van der Waals surface area contributed by atoms with Gasteiger partial charge in [0.2, 0.25) is 5.78 Å². The van der Waals surface area contributed by atoms with Crippen molar-refractivity contribution in [2.45, 2.75) is 39.0 Å². The Morgan fingerprint density at radius 1 is 0.824 bits per heavy atom. The summed E-state index contributed by atoms with van der Waals surface area (Å²) in [6, 6.07) is 17.1. The zero-order chi connectivity index (χ0) is 24.2. The number of oxime groups is 1. The second-order valence-electron chi connectivity index (χ2n) is 8.59. The highest BCUT2D eigenvalue weighted by atomic mass is 16.4. The Labute approximate surface area is 198 Å². The maximum Gasteiger partial charge on any atom is 0.210 e. The molecule has 0 fully saturated rings. The molecule has 6 heteroatoms. The standard InChI is InChI=1S/C28H28N2O4/c1-3-4-5-6-7-24(29-34)28(33)20-11-15-26-23(17-20)22-16-19(10-14-25(22)30(26)2)27(32)18-8-12-21(31)13-9-18/h8-17,31,34H,3-7H2,1-2H3/b29-24+. The highest BCUT2D eigenvalue weighted by Crippen LogP contribution is 2.31. The third kappa shape index (κ3) is 4.44. The summed E-state index contributed by atoms with van der Waals surface area (Å²) < 4.78 is 2.03. The first-order valence-electron chi connectivity index (χ1n) is 11.6. The molecular formula is C28H28N2O4. The molecule has 0 bridgehead atoms. The molecule has 0 unspecified atom stereocenters. The Morgan fingerprint density at radius 3 is 2.03 bits per heavy atom. The number of Topliss-reactive ketones (excluding diaryl/α,β-unsaturated/α-hetero) is 1. The normalized spacial score (nSPS) is 11.9. The topological polar surface area (TPSA) is 91.9 Å². The first-order valence-corrected chi connectivity index (χ1v) is 11.6. The lowest BCUT2D eigenvalue weighted by molar-refractivity contribution is 0.103. The van der Waals surface area contributed by atoms with E-state index in [1.807, 2.05) is 35.9 Å². The van der Waals surface area contributed by atoms with Gasteiger partial charge in [-0.15, -0.1) is 0 Å². The zero-order valence-electron chi connectivity index (χ0n) is 19.4. The molecule has 0 aliphatic heterocycles. The third-order valence-corrected chi connectivity index (χ3v) is 6.31. The Bertz CT molecular complexity index is 1400. The predicted molar refractivity (Wildman–Crippen MR) is 134 cm³/mol. The summed E-state index contributed by atoms with van der Waals surface area (Å²) in [6.07, 6.45) is 4.41. The van der Waals surface area contributed by atoms with Crippen molar-refractivity contribution in [3.8, 4) is 5.75 Å². The van der Waals surface area contributed by atoms with Crippen LogP contribution in [-0.2, 0) is 7.05 Å². The van der Waals surface area contributed by atoms with Crippen molar-refractivity contribution >= 4 is 39.1 Å². The molecule has 3 aromatic carbocycles. The molecule has 2 N–H and O–H groups in total. The number of hydrogen-bond donors (Lipinski definition) is 2. The summed E-state index contributed by atoms with van der Waals surface area (Å²) in [5.41, 5.74) is 3.51. The van der Waals surface area contributed by atoms with Gasteiger partial charge in [0.05, 0.1) is 0 Å². The monoisotopic (exact) mass is 456 g/mol. The molecule has 0 radical (unpaired) electrons. The van der Waals surface area contributed by atoms with E-state index in [9.17, 15) is 19.9 Å². The molecule has 1 aromatic heterocycles. The van der Waals surface area contributed by atoms with Crippen molar-refractivity contribution in [2.75, 3.05) is 0 Å². The molecule has 1 heterocycles. The van der Waals surface area contributed by atoms with Gasteiger partial charge in [0, 0.05) is 45.5 Å². The van der Waals surface area contributed by atoms with Gasteiger partial charge in [0.15, 0.2) is 5.78 Å². The number of hydrogen-bond acceptors (Lipinski definition) is 5. The summed E-state index contributed by atoms with van der Waals surface area (Å²) in [6.45, 7) is 2.12. The van der Waals surface area contributed by atoms with Gasteiger partial charge in [0.25, 0.3) is 0 Å². The Balaban J connectivity index is 1.71. The number of aromatic nitrogens is 1.